The molecule has 1 aromatic carbocycles. The van der Waals surface area contributed by atoms with Gasteiger partial charge >= 0.3 is 5.97 Å². The number of halogens is 2. The minimum absolute atomic E-state index is 0.177. The van der Waals surface area contributed by atoms with Crippen molar-refractivity contribution in [2.45, 2.75) is 18.9 Å². The Morgan fingerprint density at radius 1 is 1.44 bits per heavy atom. The van der Waals surface area contributed by atoms with E-state index in [0.29, 0.717) is 10.0 Å². The van der Waals surface area contributed by atoms with Crippen LogP contribution in [0.2, 0.25) is 5.15 Å². The molecule has 0 saturated carbocycles. The lowest BCUT2D eigenvalue weighted by atomic mass is 10.0. The van der Waals surface area contributed by atoms with Crippen molar-refractivity contribution >= 4 is 39.7 Å². The van der Waals surface area contributed by atoms with E-state index < -0.39 is 5.97 Å². The van der Waals surface area contributed by atoms with Crippen LogP contribution in [0.25, 0.3) is 0 Å². The van der Waals surface area contributed by atoms with E-state index in [-0.39, 0.29) is 17.0 Å². The largest absolute Gasteiger partial charge is 0.465 e. The Morgan fingerprint density at radius 2 is 2.16 bits per heavy atom. The third-order valence-corrected chi connectivity index (χ3v) is 5.94. The first-order valence-electron chi connectivity index (χ1n) is 7.97. The molecule has 0 N–H and O–H groups in total. The van der Waals surface area contributed by atoms with Gasteiger partial charge in [0, 0.05) is 31.9 Å². The molecule has 134 valence electrons. The lowest BCUT2D eigenvalue weighted by Gasteiger charge is -2.37. The number of rotatable bonds is 4. The van der Waals surface area contributed by atoms with Gasteiger partial charge in [0.2, 0.25) is 0 Å². The van der Waals surface area contributed by atoms with Crippen LogP contribution in [0.4, 0.5) is 15.2 Å². The van der Waals surface area contributed by atoms with Gasteiger partial charge < -0.3 is 14.5 Å². The van der Waals surface area contributed by atoms with Crippen LogP contribution in [0.3, 0.4) is 0 Å². The summed E-state index contributed by atoms with van der Waals surface area (Å²) in [4.78, 5) is 20.5. The summed E-state index contributed by atoms with van der Waals surface area (Å²) < 4.78 is 18.1. The van der Waals surface area contributed by atoms with Crippen LogP contribution in [-0.2, 0) is 4.74 Å². The molecule has 1 saturated heterocycles. The molecule has 5 nitrogen and oxygen atoms in total. The quantitative estimate of drug-likeness (QED) is 0.751. The van der Waals surface area contributed by atoms with Gasteiger partial charge in [-0.25, -0.2) is 14.2 Å². The van der Waals surface area contributed by atoms with Crippen molar-refractivity contribution in [1.29, 1.82) is 0 Å². The van der Waals surface area contributed by atoms with Crippen molar-refractivity contribution in [3.05, 3.63) is 40.1 Å². The molecule has 1 aromatic heterocycles. The zero-order valence-electron chi connectivity index (χ0n) is 14.0. The van der Waals surface area contributed by atoms with Crippen LogP contribution < -0.4 is 9.80 Å². The maximum Gasteiger partial charge on any atom is 0.351 e. The minimum atomic E-state index is -0.469. The van der Waals surface area contributed by atoms with Gasteiger partial charge in [0.25, 0.3) is 0 Å². The highest BCUT2D eigenvalue weighted by Crippen LogP contribution is 2.32. The highest BCUT2D eigenvalue weighted by molar-refractivity contribution is 7.18. The average molecular weight is 384 g/mol. The molecule has 0 aliphatic carbocycles. The molecule has 2 aromatic rings. The van der Waals surface area contributed by atoms with Gasteiger partial charge in [0.1, 0.15) is 5.82 Å². The molecule has 2 heterocycles. The van der Waals surface area contributed by atoms with Crippen LogP contribution in [0.1, 0.15) is 22.5 Å². The number of anilines is 2. The maximum atomic E-state index is 13.4. The monoisotopic (exact) mass is 383 g/mol. The number of hydrogen-bond acceptors (Lipinski definition) is 6. The second-order valence-electron chi connectivity index (χ2n) is 5.92. The summed E-state index contributed by atoms with van der Waals surface area (Å²) in [6.07, 6.45) is 1.83. The summed E-state index contributed by atoms with van der Waals surface area (Å²) in [5.74, 6) is -0.687. The van der Waals surface area contributed by atoms with Gasteiger partial charge in [-0.05, 0) is 31.0 Å². The number of ether oxygens (including phenoxy) is 1. The Bertz CT molecular complexity index is 762. The molecule has 8 heteroatoms. The summed E-state index contributed by atoms with van der Waals surface area (Å²) in [5.41, 5.74) is 0.909. The van der Waals surface area contributed by atoms with Crippen molar-refractivity contribution in [2.75, 3.05) is 37.0 Å². The van der Waals surface area contributed by atoms with Crippen LogP contribution in [0, 0.1) is 5.82 Å². The molecule has 0 atom stereocenters. The first-order chi connectivity index (χ1) is 12.0. The zero-order chi connectivity index (χ0) is 18.0. The minimum Gasteiger partial charge on any atom is -0.465 e. The SMILES string of the molecule is COC(=O)c1sc(N(C)C2CCN(c3cccc(F)c3)CC2)nc1Cl. The summed E-state index contributed by atoms with van der Waals surface area (Å²) >= 11 is 7.29. The zero-order valence-corrected chi connectivity index (χ0v) is 15.6. The van der Waals surface area contributed by atoms with E-state index in [2.05, 4.69) is 14.8 Å². The fourth-order valence-corrected chi connectivity index (χ4v) is 4.23. The fourth-order valence-electron chi connectivity index (χ4n) is 3.00. The molecule has 0 spiro atoms. The lowest BCUT2D eigenvalue weighted by Crippen LogP contribution is -2.43. The molecule has 25 heavy (non-hydrogen) atoms. The first-order valence-corrected chi connectivity index (χ1v) is 9.17. The Balaban J connectivity index is 1.65. The van der Waals surface area contributed by atoms with Crippen molar-refractivity contribution in [2.24, 2.45) is 0 Å². The summed E-state index contributed by atoms with van der Waals surface area (Å²) in [7, 11) is 3.28. The van der Waals surface area contributed by atoms with Crippen LogP contribution >= 0.6 is 22.9 Å². The second-order valence-corrected chi connectivity index (χ2v) is 7.25. The molecule has 0 unspecified atom stereocenters. The van der Waals surface area contributed by atoms with E-state index in [1.165, 1.54) is 24.5 Å². The molecule has 0 bridgehead atoms. The van der Waals surface area contributed by atoms with Gasteiger partial charge in [-0.15, -0.1) is 0 Å². The third-order valence-electron chi connectivity index (χ3n) is 4.43. The number of benzene rings is 1. The van der Waals surface area contributed by atoms with E-state index in [9.17, 15) is 9.18 Å². The van der Waals surface area contributed by atoms with Crippen molar-refractivity contribution in [3.63, 3.8) is 0 Å². The summed E-state index contributed by atoms with van der Waals surface area (Å²) in [5, 5.41) is 0.880. The normalized spacial score (nSPS) is 15.3. The molecular formula is C17H19ClFN3O2S. The predicted octanol–water partition coefficient (Wildman–Crippen LogP) is 3.83. The summed E-state index contributed by atoms with van der Waals surface area (Å²) in [6, 6.07) is 6.96. The smallest absolute Gasteiger partial charge is 0.351 e. The van der Waals surface area contributed by atoms with Gasteiger partial charge in [0.15, 0.2) is 15.2 Å². The highest BCUT2D eigenvalue weighted by atomic mass is 35.5. The summed E-state index contributed by atoms with van der Waals surface area (Å²) in [6.45, 7) is 1.67. The Hall–Kier alpha value is -1.86. The second kappa shape index (κ2) is 7.58. The van der Waals surface area contributed by atoms with E-state index in [0.717, 1.165) is 31.6 Å². The molecule has 0 radical (unpaired) electrons. The number of carbonyl (C=O) groups is 1. The molecule has 1 fully saturated rings. The number of methoxy groups -OCH3 is 1. The van der Waals surface area contributed by atoms with Crippen molar-refractivity contribution < 1.29 is 13.9 Å². The first kappa shape index (κ1) is 17.9. The number of esters is 1. The number of aromatic nitrogens is 1. The van der Waals surface area contributed by atoms with Crippen LogP contribution in [0.15, 0.2) is 24.3 Å². The molecule has 0 amide bonds. The van der Waals surface area contributed by atoms with E-state index in [4.69, 9.17) is 16.3 Å². The molecule has 1 aliphatic rings. The Labute approximate surface area is 155 Å². The van der Waals surface area contributed by atoms with Gasteiger partial charge in [-0.1, -0.05) is 29.0 Å². The fraction of sp³-hybridized carbons (Fsp3) is 0.412. The number of thiazole rings is 1. The maximum absolute atomic E-state index is 13.4. The number of carbonyl (C=O) groups excluding carboxylic acids is 1. The van der Waals surface area contributed by atoms with Crippen LogP contribution in [-0.4, -0.2) is 44.2 Å². The van der Waals surface area contributed by atoms with E-state index >= 15 is 0 Å². The molecule has 1 aliphatic heterocycles. The van der Waals surface area contributed by atoms with E-state index in [1.807, 2.05) is 13.1 Å². The Kier molecular flexibility index (Phi) is 5.44. The highest BCUT2D eigenvalue weighted by Gasteiger charge is 2.26. The van der Waals surface area contributed by atoms with Gasteiger partial charge in [0.05, 0.1) is 7.11 Å². The van der Waals surface area contributed by atoms with Gasteiger partial charge in [-0.3, -0.25) is 0 Å². The predicted molar refractivity (Wildman–Crippen MR) is 98.5 cm³/mol. The van der Waals surface area contributed by atoms with E-state index in [1.54, 1.807) is 12.1 Å². The van der Waals surface area contributed by atoms with Crippen molar-refractivity contribution in [3.8, 4) is 0 Å². The van der Waals surface area contributed by atoms with Crippen molar-refractivity contribution in [1.82, 2.24) is 4.98 Å². The third kappa shape index (κ3) is 3.88. The average Bonchev–Trinajstić information content (AvgIpc) is 3.02. The number of piperidine rings is 1. The molecular weight excluding hydrogens is 365 g/mol. The topological polar surface area (TPSA) is 45.7 Å². The lowest BCUT2D eigenvalue weighted by molar-refractivity contribution is 0.0606. The number of hydrogen-bond donors (Lipinski definition) is 0. The van der Waals surface area contributed by atoms with Gasteiger partial charge in [-0.2, -0.15) is 0 Å². The van der Waals surface area contributed by atoms with Crippen LogP contribution in [0.5, 0.6) is 0 Å². The molecule has 3 rings (SSSR count). The Morgan fingerprint density at radius 3 is 2.80 bits per heavy atom. The number of nitrogens with zero attached hydrogens (tertiary/aromatic N) is 3. The standard InChI is InChI=1S/C17H19ClFN3O2S/c1-21(17-20-15(18)14(25-17)16(23)24-2)12-6-8-22(9-7-12)13-5-3-4-11(19)10-13/h3-5,10,12H,6-9H2,1-2H3.